The molecular formula is C18H33N. The Bertz CT molecular complexity index is 286. The van der Waals surface area contributed by atoms with Gasteiger partial charge in [0, 0.05) is 12.1 Å². The highest BCUT2D eigenvalue weighted by molar-refractivity contribution is 4.89. The summed E-state index contributed by atoms with van der Waals surface area (Å²) < 4.78 is 0. The van der Waals surface area contributed by atoms with E-state index in [1.54, 1.807) is 0 Å². The lowest BCUT2D eigenvalue weighted by Crippen LogP contribution is -2.45. The van der Waals surface area contributed by atoms with Crippen LogP contribution in [0.4, 0.5) is 0 Å². The van der Waals surface area contributed by atoms with E-state index in [1.165, 1.54) is 70.6 Å². The third-order valence-electron chi connectivity index (χ3n) is 6.35. The largest absolute Gasteiger partial charge is 0.311 e. The number of nitrogens with one attached hydrogen (secondary N) is 1. The van der Waals surface area contributed by atoms with Crippen LogP contribution in [0.2, 0.25) is 0 Å². The fourth-order valence-electron chi connectivity index (χ4n) is 4.92. The average Bonchev–Trinajstić information content (AvgIpc) is 2.41. The summed E-state index contributed by atoms with van der Waals surface area (Å²) in [5, 5.41) is 4.03. The molecule has 0 heterocycles. The molecule has 3 aliphatic rings. The van der Waals surface area contributed by atoms with Crippen molar-refractivity contribution in [3.05, 3.63) is 0 Å². The molecule has 3 atom stereocenters. The van der Waals surface area contributed by atoms with Crippen molar-refractivity contribution in [3.63, 3.8) is 0 Å². The second kappa shape index (κ2) is 5.76. The predicted octanol–water partition coefficient (Wildman–Crippen LogP) is 4.90. The van der Waals surface area contributed by atoms with Gasteiger partial charge in [0.2, 0.25) is 0 Å². The van der Waals surface area contributed by atoms with Crippen LogP contribution in [0.15, 0.2) is 0 Å². The van der Waals surface area contributed by atoms with Gasteiger partial charge in [-0.2, -0.15) is 0 Å². The van der Waals surface area contributed by atoms with Gasteiger partial charge in [-0.3, -0.25) is 0 Å². The van der Waals surface area contributed by atoms with Crippen LogP contribution in [0.5, 0.6) is 0 Å². The lowest BCUT2D eigenvalue weighted by molar-refractivity contribution is 0.125. The Hall–Kier alpha value is -0.0400. The molecule has 3 fully saturated rings. The summed E-state index contributed by atoms with van der Waals surface area (Å²) in [6.45, 7) is 4.88. The summed E-state index contributed by atoms with van der Waals surface area (Å²) in [5.74, 6) is 2.16. The van der Waals surface area contributed by atoms with E-state index in [-0.39, 0.29) is 0 Å². The zero-order valence-electron chi connectivity index (χ0n) is 13.1. The van der Waals surface area contributed by atoms with E-state index >= 15 is 0 Å². The second-order valence-electron chi connectivity index (χ2n) is 8.42. The first-order valence-electron chi connectivity index (χ1n) is 8.88. The highest BCUT2D eigenvalue weighted by Crippen LogP contribution is 2.41. The molecule has 0 amide bonds. The molecule has 3 rings (SSSR count). The van der Waals surface area contributed by atoms with Gasteiger partial charge in [0.25, 0.3) is 0 Å². The monoisotopic (exact) mass is 263 g/mol. The maximum Gasteiger partial charge on any atom is 0.00724 e. The standard InChI is InChI=1S/C18H33N/c1-18(2)11-9-16(10-12-18)19-17-8-7-14-5-3-4-6-15(14)13-17/h14-17,19H,3-13H2,1-2H3. The lowest BCUT2D eigenvalue weighted by Gasteiger charge is -2.42. The van der Waals surface area contributed by atoms with E-state index in [0.29, 0.717) is 5.41 Å². The molecule has 0 spiro atoms. The third-order valence-corrected chi connectivity index (χ3v) is 6.35. The third kappa shape index (κ3) is 3.54. The Morgan fingerprint density at radius 3 is 2.16 bits per heavy atom. The van der Waals surface area contributed by atoms with Crippen molar-refractivity contribution in [2.24, 2.45) is 17.3 Å². The van der Waals surface area contributed by atoms with Crippen LogP contribution in [-0.2, 0) is 0 Å². The highest BCUT2D eigenvalue weighted by Gasteiger charge is 2.34. The topological polar surface area (TPSA) is 12.0 Å². The summed E-state index contributed by atoms with van der Waals surface area (Å²) in [7, 11) is 0. The van der Waals surface area contributed by atoms with Crippen LogP contribution in [0.25, 0.3) is 0 Å². The van der Waals surface area contributed by atoms with E-state index < -0.39 is 0 Å². The zero-order valence-corrected chi connectivity index (χ0v) is 13.1. The molecule has 3 saturated carbocycles. The molecule has 0 bridgehead atoms. The van der Waals surface area contributed by atoms with Crippen molar-refractivity contribution >= 4 is 0 Å². The molecule has 0 aromatic carbocycles. The molecule has 3 aliphatic carbocycles. The summed E-state index contributed by atoms with van der Waals surface area (Å²) >= 11 is 0. The Morgan fingerprint density at radius 1 is 0.737 bits per heavy atom. The summed E-state index contributed by atoms with van der Waals surface area (Å²) in [4.78, 5) is 0. The minimum absolute atomic E-state index is 0.610. The van der Waals surface area contributed by atoms with E-state index in [0.717, 1.165) is 23.9 Å². The molecule has 1 heteroatoms. The van der Waals surface area contributed by atoms with Crippen molar-refractivity contribution in [3.8, 4) is 0 Å². The van der Waals surface area contributed by atoms with Crippen molar-refractivity contribution < 1.29 is 0 Å². The maximum atomic E-state index is 4.03. The Morgan fingerprint density at radius 2 is 1.42 bits per heavy atom. The number of hydrogen-bond acceptors (Lipinski definition) is 1. The number of rotatable bonds is 2. The fraction of sp³-hybridized carbons (Fsp3) is 1.00. The van der Waals surface area contributed by atoms with Crippen molar-refractivity contribution in [2.45, 2.75) is 96.6 Å². The molecule has 1 N–H and O–H groups in total. The minimum atomic E-state index is 0.610. The Kier molecular flexibility index (Phi) is 4.22. The normalized spacial score (nSPS) is 39.8. The van der Waals surface area contributed by atoms with Crippen LogP contribution in [0.3, 0.4) is 0 Å². The van der Waals surface area contributed by atoms with Crippen molar-refractivity contribution in [1.82, 2.24) is 5.32 Å². The smallest absolute Gasteiger partial charge is 0.00724 e. The molecule has 3 unspecified atom stereocenters. The molecule has 110 valence electrons. The second-order valence-corrected chi connectivity index (χ2v) is 8.42. The van der Waals surface area contributed by atoms with Gasteiger partial charge < -0.3 is 5.32 Å². The Labute approximate surface area is 119 Å². The van der Waals surface area contributed by atoms with Crippen LogP contribution >= 0.6 is 0 Å². The van der Waals surface area contributed by atoms with Gasteiger partial charge in [-0.1, -0.05) is 39.5 Å². The van der Waals surface area contributed by atoms with Crippen molar-refractivity contribution in [1.29, 1.82) is 0 Å². The van der Waals surface area contributed by atoms with E-state index in [1.807, 2.05) is 0 Å². The van der Waals surface area contributed by atoms with Gasteiger partial charge in [0.1, 0.15) is 0 Å². The van der Waals surface area contributed by atoms with Gasteiger partial charge in [-0.15, -0.1) is 0 Å². The SMILES string of the molecule is CC1(C)CCC(NC2CCC3CCCCC3C2)CC1. The van der Waals surface area contributed by atoms with Gasteiger partial charge in [-0.05, 0) is 62.2 Å². The summed E-state index contributed by atoms with van der Waals surface area (Å²) in [5.41, 5.74) is 0.610. The van der Waals surface area contributed by atoms with Crippen LogP contribution in [0.1, 0.15) is 84.5 Å². The maximum absolute atomic E-state index is 4.03. The average molecular weight is 263 g/mol. The van der Waals surface area contributed by atoms with Gasteiger partial charge in [0.15, 0.2) is 0 Å². The molecular weight excluding hydrogens is 230 g/mol. The van der Waals surface area contributed by atoms with Gasteiger partial charge >= 0.3 is 0 Å². The number of hydrogen-bond donors (Lipinski definition) is 1. The minimum Gasteiger partial charge on any atom is -0.311 e. The Balaban J connectivity index is 1.46. The van der Waals surface area contributed by atoms with E-state index in [2.05, 4.69) is 19.2 Å². The van der Waals surface area contributed by atoms with Crippen LogP contribution < -0.4 is 5.32 Å². The molecule has 0 aromatic heterocycles. The zero-order chi connectivity index (χ0) is 13.3. The van der Waals surface area contributed by atoms with E-state index in [4.69, 9.17) is 0 Å². The van der Waals surface area contributed by atoms with E-state index in [9.17, 15) is 0 Å². The van der Waals surface area contributed by atoms with Gasteiger partial charge in [-0.25, -0.2) is 0 Å². The molecule has 0 aliphatic heterocycles. The molecule has 0 aromatic rings. The summed E-state index contributed by atoms with van der Waals surface area (Å²) in [6, 6.07) is 1.68. The fourth-order valence-corrected chi connectivity index (χ4v) is 4.92. The molecule has 19 heavy (non-hydrogen) atoms. The quantitative estimate of drug-likeness (QED) is 0.747. The first kappa shape index (κ1) is 13.9. The molecule has 0 radical (unpaired) electrons. The van der Waals surface area contributed by atoms with Crippen LogP contribution in [0, 0.1) is 17.3 Å². The molecule has 0 saturated heterocycles. The van der Waals surface area contributed by atoms with Crippen molar-refractivity contribution in [2.75, 3.05) is 0 Å². The van der Waals surface area contributed by atoms with Gasteiger partial charge in [0.05, 0.1) is 0 Å². The molecule has 1 nitrogen and oxygen atoms in total. The predicted molar refractivity (Wildman–Crippen MR) is 82.3 cm³/mol. The van der Waals surface area contributed by atoms with Crippen LogP contribution in [-0.4, -0.2) is 12.1 Å². The number of fused-ring (bicyclic) bond motifs is 1. The first-order valence-corrected chi connectivity index (χ1v) is 8.88. The lowest BCUT2D eigenvalue weighted by atomic mass is 9.69. The highest BCUT2D eigenvalue weighted by atomic mass is 15.0. The summed E-state index contributed by atoms with van der Waals surface area (Å²) in [6.07, 6.45) is 16.2. The first-order chi connectivity index (χ1) is 9.12.